The Bertz CT molecular complexity index is 543. The maximum Gasteiger partial charge on any atom is 0.243 e. The summed E-state index contributed by atoms with van der Waals surface area (Å²) in [5.74, 6) is 0.848. The van der Waals surface area contributed by atoms with Gasteiger partial charge in [0, 0.05) is 19.7 Å². The Morgan fingerprint density at radius 1 is 1.19 bits per heavy atom. The molecule has 0 unspecified atom stereocenters. The number of benzene rings is 1. The van der Waals surface area contributed by atoms with E-state index in [1.165, 1.54) is 0 Å². The summed E-state index contributed by atoms with van der Waals surface area (Å²) in [5.41, 5.74) is 1.15. The van der Waals surface area contributed by atoms with Gasteiger partial charge in [0.25, 0.3) is 0 Å². The van der Waals surface area contributed by atoms with Gasteiger partial charge in [-0.2, -0.15) is 4.31 Å². The summed E-state index contributed by atoms with van der Waals surface area (Å²) in [6.07, 6.45) is 2.45. The number of piperidine rings is 1. The first-order chi connectivity index (χ1) is 9.95. The molecule has 4 nitrogen and oxygen atoms in total. The predicted octanol–water partition coefficient (Wildman–Crippen LogP) is 2.59. The molecule has 0 amide bonds. The molecule has 2 rings (SSSR count). The quantitative estimate of drug-likeness (QED) is 0.909. The number of nitrogens with zero attached hydrogens (tertiary/aromatic N) is 1. The zero-order valence-electron chi connectivity index (χ0n) is 12.8. The molecule has 1 fully saturated rings. The molecular formula is C16H25NO3S. The molecule has 21 heavy (non-hydrogen) atoms. The van der Waals surface area contributed by atoms with Crippen LogP contribution in [0.15, 0.2) is 29.2 Å². The summed E-state index contributed by atoms with van der Waals surface area (Å²) >= 11 is 0. The number of aliphatic hydroxyl groups is 1. The van der Waals surface area contributed by atoms with Crippen LogP contribution in [0.3, 0.4) is 0 Å². The molecule has 1 aromatic rings. The van der Waals surface area contributed by atoms with Gasteiger partial charge in [0.1, 0.15) is 0 Å². The molecule has 1 N–H and O–H groups in total. The second-order valence-corrected chi connectivity index (χ2v) is 8.02. The van der Waals surface area contributed by atoms with Crippen molar-refractivity contribution in [2.45, 2.75) is 43.9 Å². The largest absolute Gasteiger partial charge is 0.396 e. The lowest BCUT2D eigenvalue weighted by Gasteiger charge is -2.31. The number of hydrogen-bond acceptors (Lipinski definition) is 3. The minimum absolute atomic E-state index is 0.189. The van der Waals surface area contributed by atoms with Crippen LogP contribution in [-0.4, -0.2) is 37.5 Å². The first-order valence-corrected chi connectivity index (χ1v) is 9.10. The molecule has 1 aromatic carbocycles. The molecule has 0 atom stereocenters. The van der Waals surface area contributed by atoms with Gasteiger partial charge in [0.05, 0.1) is 4.90 Å². The van der Waals surface area contributed by atoms with Crippen LogP contribution in [0.1, 0.15) is 44.6 Å². The summed E-state index contributed by atoms with van der Waals surface area (Å²) < 4.78 is 26.8. The van der Waals surface area contributed by atoms with E-state index in [2.05, 4.69) is 13.8 Å². The third-order valence-corrected chi connectivity index (χ3v) is 6.21. The van der Waals surface area contributed by atoms with Crippen LogP contribution in [0.25, 0.3) is 0 Å². The van der Waals surface area contributed by atoms with E-state index in [1.807, 2.05) is 12.1 Å². The molecule has 118 valence electrons. The first kappa shape index (κ1) is 16.5. The third kappa shape index (κ3) is 3.84. The molecule has 1 heterocycles. The Labute approximate surface area is 127 Å². The molecule has 0 aliphatic carbocycles. The normalized spacial score (nSPS) is 18.3. The van der Waals surface area contributed by atoms with Gasteiger partial charge in [-0.1, -0.05) is 26.0 Å². The maximum absolute atomic E-state index is 12.6. The molecule has 1 aliphatic heterocycles. The number of aliphatic hydroxyl groups excluding tert-OH is 1. The minimum atomic E-state index is -3.37. The SMILES string of the molecule is CC(C)c1ccc(S(=O)(=O)N2CCC(CCO)CC2)cc1. The highest BCUT2D eigenvalue weighted by molar-refractivity contribution is 7.89. The summed E-state index contributed by atoms with van der Waals surface area (Å²) in [5, 5.41) is 8.96. The molecular weight excluding hydrogens is 286 g/mol. The summed E-state index contributed by atoms with van der Waals surface area (Å²) in [6, 6.07) is 7.22. The van der Waals surface area contributed by atoms with Crippen LogP contribution in [-0.2, 0) is 10.0 Å². The van der Waals surface area contributed by atoms with E-state index in [0.29, 0.717) is 29.8 Å². The van der Waals surface area contributed by atoms with Crippen molar-refractivity contribution in [2.75, 3.05) is 19.7 Å². The maximum atomic E-state index is 12.6. The van der Waals surface area contributed by atoms with Crippen LogP contribution >= 0.6 is 0 Å². The van der Waals surface area contributed by atoms with Gasteiger partial charge in [0.2, 0.25) is 10.0 Å². The fourth-order valence-electron chi connectivity index (χ4n) is 2.79. The Morgan fingerprint density at radius 3 is 2.24 bits per heavy atom. The van der Waals surface area contributed by atoms with Crippen LogP contribution in [0, 0.1) is 5.92 Å². The molecule has 1 aliphatic rings. The van der Waals surface area contributed by atoms with E-state index in [4.69, 9.17) is 5.11 Å². The Morgan fingerprint density at radius 2 is 1.76 bits per heavy atom. The van der Waals surface area contributed by atoms with Gasteiger partial charge >= 0.3 is 0 Å². The minimum Gasteiger partial charge on any atom is -0.396 e. The van der Waals surface area contributed by atoms with Crippen molar-refractivity contribution in [1.29, 1.82) is 0 Å². The molecule has 5 heteroatoms. The highest BCUT2D eigenvalue weighted by Crippen LogP contribution is 2.26. The summed E-state index contributed by atoms with van der Waals surface area (Å²) in [6.45, 7) is 5.48. The van der Waals surface area contributed by atoms with Crippen LogP contribution in [0.2, 0.25) is 0 Å². The van der Waals surface area contributed by atoms with Crippen molar-refractivity contribution in [1.82, 2.24) is 4.31 Å². The lowest BCUT2D eigenvalue weighted by Crippen LogP contribution is -2.38. The Balaban J connectivity index is 2.08. The summed E-state index contributed by atoms with van der Waals surface area (Å²) in [4.78, 5) is 0.382. The van der Waals surface area contributed by atoms with Crippen molar-refractivity contribution in [3.8, 4) is 0 Å². The number of rotatable bonds is 5. The molecule has 0 bridgehead atoms. The van der Waals surface area contributed by atoms with Crippen LogP contribution < -0.4 is 0 Å². The van der Waals surface area contributed by atoms with Gasteiger partial charge in [-0.3, -0.25) is 0 Å². The topological polar surface area (TPSA) is 57.6 Å². The predicted molar refractivity (Wildman–Crippen MR) is 83.7 cm³/mol. The average Bonchev–Trinajstić information content (AvgIpc) is 2.48. The van der Waals surface area contributed by atoms with Gasteiger partial charge in [-0.05, 0) is 48.8 Å². The van der Waals surface area contributed by atoms with Crippen LogP contribution in [0.5, 0.6) is 0 Å². The van der Waals surface area contributed by atoms with Gasteiger partial charge in [0.15, 0.2) is 0 Å². The lowest BCUT2D eigenvalue weighted by molar-refractivity contribution is 0.208. The first-order valence-electron chi connectivity index (χ1n) is 7.66. The monoisotopic (exact) mass is 311 g/mol. The molecule has 0 spiro atoms. The molecule has 0 radical (unpaired) electrons. The smallest absolute Gasteiger partial charge is 0.243 e. The second-order valence-electron chi connectivity index (χ2n) is 6.08. The van der Waals surface area contributed by atoms with E-state index in [0.717, 1.165) is 24.8 Å². The van der Waals surface area contributed by atoms with Crippen molar-refractivity contribution in [2.24, 2.45) is 5.92 Å². The molecule has 0 aromatic heterocycles. The van der Waals surface area contributed by atoms with Crippen molar-refractivity contribution >= 4 is 10.0 Å². The second kappa shape index (κ2) is 6.90. The standard InChI is InChI=1S/C16H25NO3S/c1-13(2)15-3-5-16(6-4-15)21(19,20)17-10-7-14(8-11-17)9-12-18/h3-6,13-14,18H,7-12H2,1-2H3. The highest BCUT2D eigenvalue weighted by atomic mass is 32.2. The number of hydrogen-bond donors (Lipinski definition) is 1. The molecule has 1 saturated heterocycles. The Hall–Kier alpha value is -0.910. The number of sulfonamides is 1. The van der Waals surface area contributed by atoms with Crippen LogP contribution in [0.4, 0.5) is 0 Å². The van der Waals surface area contributed by atoms with Crippen molar-refractivity contribution in [3.63, 3.8) is 0 Å². The van der Waals surface area contributed by atoms with Gasteiger partial charge < -0.3 is 5.11 Å². The summed E-state index contributed by atoms with van der Waals surface area (Å²) in [7, 11) is -3.37. The average molecular weight is 311 g/mol. The molecule has 0 saturated carbocycles. The van der Waals surface area contributed by atoms with Gasteiger partial charge in [-0.15, -0.1) is 0 Å². The van der Waals surface area contributed by atoms with E-state index < -0.39 is 10.0 Å². The van der Waals surface area contributed by atoms with E-state index >= 15 is 0 Å². The van der Waals surface area contributed by atoms with Gasteiger partial charge in [-0.25, -0.2) is 8.42 Å². The van der Waals surface area contributed by atoms with Crippen molar-refractivity contribution < 1.29 is 13.5 Å². The van der Waals surface area contributed by atoms with Crippen molar-refractivity contribution in [3.05, 3.63) is 29.8 Å². The van der Waals surface area contributed by atoms with E-state index in [-0.39, 0.29) is 6.61 Å². The highest BCUT2D eigenvalue weighted by Gasteiger charge is 2.29. The fourth-order valence-corrected chi connectivity index (χ4v) is 4.26. The fraction of sp³-hybridized carbons (Fsp3) is 0.625. The zero-order chi connectivity index (χ0) is 15.5. The zero-order valence-corrected chi connectivity index (χ0v) is 13.6. The van der Waals surface area contributed by atoms with E-state index in [1.54, 1.807) is 16.4 Å². The third-order valence-electron chi connectivity index (χ3n) is 4.30. The lowest BCUT2D eigenvalue weighted by atomic mass is 9.95. The Kier molecular flexibility index (Phi) is 5.41. The van der Waals surface area contributed by atoms with E-state index in [9.17, 15) is 8.42 Å².